The number of hydrogen-bond acceptors (Lipinski definition) is 6. The van der Waals surface area contributed by atoms with E-state index in [1.54, 1.807) is 18.0 Å². The molecule has 3 heterocycles. The van der Waals surface area contributed by atoms with Gasteiger partial charge in [0.2, 0.25) is 5.91 Å². The van der Waals surface area contributed by atoms with Gasteiger partial charge in [-0.05, 0) is 38.8 Å². The summed E-state index contributed by atoms with van der Waals surface area (Å²) in [4.78, 5) is 35.8. The van der Waals surface area contributed by atoms with Crippen LogP contribution in [0, 0.1) is 12.8 Å². The molecule has 2 aromatic heterocycles. The van der Waals surface area contributed by atoms with Crippen molar-refractivity contribution >= 4 is 28.5 Å². The summed E-state index contributed by atoms with van der Waals surface area (Å²) in [5.41, 5.74) is 1.68. The number of nitrogens with one attached hydrogen (secondary N) is 1. The van der Waals surface area contributed by atoms with E-state index in [9.17, 15) is 9.59 Å². The van der Waals surface area contributed by atoms with Crippen molar-refractivity contribution in [2.24, 2.45) is 5.92 Å². The van der Waals surface area contributed by atoms with Gasteiger partial charge in [-0.1, -0.05) is 17.4 Å². The van der Waals surface area contributed by atoms with E-state index in [0.717, 1.165) is 29.1 Å². The maximum atomic E-state index is 12.6. The van der Waals surface area contributed by atoms with Crippen LogP contribution in [0.4, 0.5) is 9.93 Å². The first-order valence-corrected chi connectivity index (χ1v) is 9.51. The fourth-order valence-corrected chi connectivity index (χ4v) is 3.91. The molecule has 0 aliphatic carbocycles. The lowest BCUT2D eigenvalue weighted by Gasteiger charge is -2.30. The first kappa shape index (κ1) is 18.3. The largest absolute Gasteiger partial charge is 0.450 e. The van der Waals surface area contributed by atoms with Crippen molar-refractivity contribution in [1.82, 2.24) is 14.9 Å². The van der Waals surface area contributed by atoms with Gasteiger partial charge in [-0.3, -0.25) is 9.78 Å². The summed E-state index contributed by atoms with van der Waals surface area (Å²) in [6.45, 7) is 5.01. The Hall–Kier alpha value is -2.48. The molecule has 1 atom stereocenters. The Morgan fingerprint density at radius 3 is 3.00 bits per heavy atom. The van der Waals surface area contributed by atoms with E-state index in [-0.39, 0.29) is 17.9 Å². The van der Waals surface area contributed by atoms with Crippen LogP contribution in [-0.2, 0) is 9.53 Å². The number of thiazole rings is 1. The maximum absolute atomic E-state index is 12.6. The van der Waals surface area contributed by atoms with Crippen molar-refractivity contribution in [3.8, 4) is 10.6 Å². The Labute approximate surface area is 156 Å². The quantitative estimate of drug-likeness (QED) is 0.887. The summed E-state index contributed by atoms with van der Waals surface area (Å²) in [6.07, 6.45) is 2.91. The maximum Gasteiger partial charge on any atom is 0.409 e. The van der Waals surface area contributed by atoms with Crippen LogP contribution < -0.4 is 5.32 Å². The summed E-state index contributed by atoms with van der Waals surface area (Å²) >= 11 is 1.41. The number of anilines is 1. The topological polar surface area (TPSA) is 84.4 Å². The predicted octanol–water partition coefficient (Wildman–Crippen LogP) is 3.32. The summed E-state index contributed by atoms with van der Waals surface area (Å²) in [5, 5.41) is 3.45. The van der Waals surface area contributed by atoms with E-state index in [0.29, 0.717) is 24.8 Å². The highest BCUT2D eigenvalue weighted by atomic mass is 32.1. The van der Waals surface area contributed by atoms with Crippen LogP contribution in [0.1, 0.15) is 25.5 Å². The summed E-state index contributed by atoms with van der Waals surface area (Å²) < 4.78 is 5.03. The van der Waals surface area contributed by atoms with Gasteiger partial charge < -0.3 is 15.0 Å². The molecule has 1 N–H and O–H groups in total. The monoisotopic (exact) mass is 374 g/mol. The number of piperidine rings is 1. The second kappa shape index (κ2) is 8.27. The molecular weight excluding hydrogens is 352 g/mol. The number of carbonyl (C=O) groups excluding carboxylic acids is 2. The molecule has 1 fully saturated rings. The fourth-order valence-electron chi connectivity index (χ4n) is 2.96. The normalized spacial score (nSPS) is 17.0. The average molecular weight is 374 g/mol. The van der Waals surface area contributed by atoms with Crippen LogP contribution in [0.5, 0.6) is 0 Å². The lowest BCUT2D eigenvalue weighted by atomic mass is 9.97. The molecule has 2 aromatic rings. The van der Waals surface area contributed by atoms with Gasteiger partial charge in [-0.15, -0.1) is 0 Å². The lowest BCUT2D eigenvalue weighted by molar-refractivity contribution is -0.121. The number of hydrogen-bond donors (Lipinski definition) is 1. The highest BCUT2D eigenvalue weighted by Crippen LogP contribution is 2.31. The minimum atomic E-state index is -0.354. The van der Waals surface area contributed by atoms with Crippen LogP contribution >= 0.6 is 11.3 Å². The lowest BCUT2D eigenvalue weighted by Crippen LogP contribution is -2.44. The molecule has 1 saturated heterocycles. The highest BCUT2D eigenvalue weighted by molar-refractivity contribution is 7.19. The zero-order valence-electron chi connectivity index (χ0n) is 14.9. The Morgan fingerprint density at radius 1 is 1.42 bits per heavy atom. The molecule has 0 bridgehead atoms. The molecule has 3 rings (SSSR count). The van der Waals surface area contributed by atoms with Gasteiger partial charge in [0.1, 0.15) is 0 Å². The molecule has 0 radical (unpaired) electrons. The first-order chi connectivity index (χ1) is 12.6. The third-order valence-corrected chi connectivity index (χ3v) is 5.34. The standard InChI is InChI=1S/C18H22N4O3S/c1-3-25-18(24)22-10-6-7-13(11-22)16(23)21-17-20-12(2)15(26-17)14-8-4-5-9-19-14/h4-5,8-9,13H,3,6-7,10-11H2,1-2H3,(H,20,21,23)/t13-/m1/s1. The van der Waals surface area contributed by atoms with Crippen molar-refractivity contribution in [3.05, 3.63) is 30.1 Å². The van der Waals surface area contributed by atoms with Crippen molar-refractivity contribution in [3.63, 3.8) is 0 Å². The minimum Gasteiger partial charge on any atom is -0.450 e. The van der Waals surface area contributed by atoms with Crippen molar-refractivity contribution in [2.45, 2.75) is 26.7 Å². The smallest absolute Gasteiger partial charge is 0.409 e. The molecule has 1 aliphatic rings. The molecule has 8 heteroatoms. The van der Waals surface area contributed by atoms with E-state index in [1.165, 1.54) is 11.3 Å². The number of rotatable bonds is 4. The first-order valence-electron chi connectivity index (χ1n) is 8.70. The van der Waals surface area contributed by atoms with Crippen molar-refractivity contribution in [1.29, 1.82) is 0 Å². The van der Waals surface area contributed by atoms with Gasteiger partial charge in [0, 0.05) is 19.3 Å². The van der Waals surface area contributed by atoms with Crippen LogP contribution in [0.3, 0.4) is 0 Å². The van der Waals surface area contributed by atoms with Gasteiger partial charge in [0.15, 0.2) is 5.13 Å². The number of carbonyl (C=O) groups is 2. The summed E-state index contributed by atoms with van der Waals surface area (Å²) in [7, 11) is 0. The van der Waals surface area contributed by atoms with Gasteiger partial charge >= 0.3 is 6.09 Å². The summed E-state index contributed by atoms with van der Waals surface area (Å²) in [6, 6.07) is 5.71. The van der Waals surface area contributed by atoms with E-state index in [4.69, 9.17) is 4.74 Å². The SMILES string of the molecule is CCOC(=O)N1CCC[C@@H](C(=O)Nc2nc(C)c(-c3ccccn3)s2)C1. The van der Waals surface area contributed by atoms with Crippen molar-refractivity contribution in [2.75, 3.05) is 25.0 Å². The van der Waals surface area contributed by atoms with E-state index in [1.807, 2.05) is 25.1 Å². The van der Waals surface area contributed by atoms with Crippen molar-refractivity contribution < 1.29 is 14.3 Å². The number of aryl methyl sites for hydroxylation is 1. The second-order valence-electron chi connectivity index (χ2n) is 6.12. The van der Waals surface area contributed by atoms with E-state index >= 15 is 0 Å². The van der Waals surface area contributed by atoms with E-state index < -0.39 is 0 Å². The molecule has 138 valence electrons. The molecule has 0 unspecified atom stereocenters. The third kappa shape index (κ3) is 4.19. The van der Waals surface area contributed by atoms with Gasteiger partial charge in [0.25, 0.3) is 0 Å². The molecular formula is C18H22N4O3S. The Balaban J connectivity index is 1.66. The minimum absolute atomic E-state index is 0.111. The number of amides is 2. The number of aromatic nitrogens is 2. The molecule has 0 saturated carbocycles. The zero-order valence-corrected chi connectivity index (χ0v) is 15.7. The number of pyridine rings is 1. The predicted molar refractivity (Wildman–Crippen MR) is 100 cm³/mol. The van der Waals surface area contributed by atoms with E-state index in [2.05, 4.69) is 15.3 Å². The molecule has 26 heavy (non-hydrogen) atoms. The van der Waals surface area contributed by atoms with Crippen LogP contribution in [0.25, 0.3) is 10.6 Å². The highest BCUT2D eigenvalue weighted by Gasteiger charge is 2.29. The average Bonchev–Trinajstić information content (AvgIpc) is 3.03. The van der Waals surface area contributed by atoms with Gasteiger partial charge in [0.05, 0.1) is 28.8 Å². The fraction of sp³-hybridized carbons (Fsp3) is 0.444. The molecule has 1 aliphatic heterocycles. The Kier molecular flexibility index (Phi) is 5.82. The number of nitrogens with zero attached hydrogens (tertiary/aromatic N) is 3. The Morgan fingerprint density at radius 2 is 2.27 bits per heavy atom. The molecule has 0 aromatic carbocycles. The molecule has 2 amide bonds. The Bertz CT molecular complexity index is 778. The molecule has 0 spiro atoms. The second-order valence-corrected chi connectivity index (χ2v) is 7.12. The number of ether oxygens (including phenoxy) is 1. The molecule has 7 nitrogen and oxygen atoms in total. The number of likely N-dealkylation sites (tertiary alicyclic amines) is 1. The zero-order chi connectivity index (χ0) is 18.5. The third-order valence-electron chi connectivity index (χ3n) is 4.24. The van der Waals surface area contributed by atoms with Gasteiger partial charge in [-0.25, -0.2) is 9.78 Å². The van der Waals surface area contributed by atoms with Crippen LogP contribution in [-0.4, -0.2) is 46.6 Å². The summed E-state index contributed by atoms with van der Waals surface area (Å²) in [5.74, 6) is -0.365. The van der Waals surface area contributed by atoms with Gasteiger partial charge in [-0.2, -0.15) is 0 Å². The van der Waals surface area contributed by atoms with Crippen LogP contribution in [0.2, 0.25) is 0 Å². The van der Waals surface area contributed by atoms with Crippen LogP contribution in [0.15, 0.2) is 24.4 Å².